The van der Waals surface area contributed by atoms with E-state index in [4.69, 9.17) is 18.9 Å². The van der Waals surface area contributed by atoms with Crippen molar-refractivity contribution in [2.24, 2.45) is 0 Å². The third kappa shape index (κ3) is 5.64. The smallest absolute Gasteiger partial charge is 0.217 e. The molecule has 6 N–H and O–H groups in total. The molecule has 0 unspecified atom stereocenters. The number of nitrogens with one attached hydrogen (secondary N) is 1. The number of carbonyl (C=O) groups is 1. The highest BCUT2D eigenvalue weighted by Gasteiger charge is 2.52. The normalized spacial score (nSPS) is 36.3. The van der Waals surface area contributed by atoms with Crippen LogP contribution in [-0.2, 0) is 23.7 Å². The van der Waals surface area contributed by atoms with Gasteiger partial charge in [-0.05, 0) is 12.1 Å². The third-order valence-corrected chi connectivity index (χ3v) is 6.34. The molecule has 1 amide bonds. The highest BCUT2D eigenvalue weighted by atomic mass is 16.7. The lowest BCUT2D eigenvalue weighted by atomic mass is 9.94. The predicted octanol–water partition coefficient (Wildman–Crippen LogP) is -3.07. The Morgan fingerprint density at radius 3 is 2.41 bits per heavy atom. The van der Waals surface area contributed by atoms with E-state index < -0.39 is 80.4 Å². The van der Waals surface area contributed by atoms with Gasteiger partial charge < -0.3 is 49.8 Å². The maximum Gasteiger partial charge on any atom is 0.217 e. The summed E-state index contributed by atoms with van der Waals surface area (Å²) in [5.41, 5.74) is 0.894. The Balaban J connectivity index is 1.59. The number of carbonyl (C=O) groups excluding carboxylic acids is 1. The minimum atomic E-state index is -1.57. The van der Waals surface area contributed by atoms with Crippen molar-refractivity contribution in [1.82, 2.24) is 25.3 Å². The molecule has 2 aromatic heterocycles. The second kappa shape index (κ2) is 11.8. The zero-order chi connectivity index (χ0) is 26.7. The van der Waals surface area contributed by atoms with Crippen LogP contribution in [-0.4, -0.2) is 127 Å². The first-order valence-corrected chi connectivity index (χ1v) is 11.6. The lowest BCUT2D eigenvalue weighted by molar-refractivity contribution is -0.340. The molecule has 2 aliphatic heterocycles. The lowest BCUT2D eigenvalue weighted by Gasteiger charge is -2.47. The first kappa shape index (κ1) is 27.4. The van der Waals surface area contributed by atoms with E-state index in [2.05, 4.69) is 20.6 Å². The van der Waals surface area contributed by atoms with Gasteiger partial charge in [0.25, 0.3) is 0 Å². The van der Waals surface area contributed by atoms with E-state index >= 15 is 0 Å². The van der Waals surface area contributed by atoms with Crippen LogP contribution in [0.5, 0.6) is 0 Å². The molecule has 2 aliphatic rings. The van der Waals surface area contributed by atoms with Crippen molar-refractivity contribution in [3.63, 3.8) is 0 Å². The Hall–Kier alpha value is -2.60. The van der Waals surface area contributed by atoms with Gasteiger partial charge in [-0.3, -0.25) is 9.78 Å². The number of pyridine rings is 1. The van der Waals surface area contributed by atoms with Crippen LogP contribution in [0.2, 0.25) is 0 Å². The monoisotopic (exact) mass is 525 g/mol. The molecule has 15 heteroatoms. The highest BCUT2D eigenvalue weighted by Crippen LogP contribution is 2.34. The Bertz CT molecular complexity index is 1030. The van der Waals surface area contributed by atoms with Gasteiger partial charge in [0.05, 0.1) is 25.1 Å². The number of rotatable bonds is 8. The van der Waals surface area contributed by atoms with Crippen LogP contribution in [0, 0.1) is 0 Å². The molecule has 0 spiro atoms. The summed E-state index contributed by atoms with van der Waals surface area (Å²) < 4.78 is 23.6. The summed E-state index contributed by atoms with van der Waals surface area (Å²) in [6.07, 6.45) is -7.61. The van der Waals surface area contributed by atoms with E-state index in [9.17, 15) is 30.3 Å². The van der Waals surface area contributed by atoms with E-state index in [1.807, 2.05) is 0 Å². The number of aliphatic hydroxyl groups excluding tert-OH is 5. The second-order valence-corrected chi connectivity index (χ2v) is 8.77. The van der Waals surface area contributed by atoms with E-state index in [0.29, 0.717) is 11.4 Å². The lowest BCUT2D eigenvalue weighted by Crippen LogP contribution is -2.67. The Morgan fingerprint density at radius 1 is 1.05 bits per heavy atom. The molecular formula is C22H31N5O10. The molecule has 15 nitrogen and oxygen atoms in total. The molecule has 204 valence electrons. The Kier molecular flexibility index (Phi) is 8.79. The summed E-state index contributed by atoms with van der Waals surface area (Å²) in [7, 11) is 1.31. The molecule has 0 aliphatic carbocycles. The van der Waals surface area contributed by atoms with E-state index in [1.165, 1.54) is 24.9 Å². The molecule has 4 rings (SSSR count). The van der Waals surface area contributed by atoms with E-state index in [1.54, 1.807) is 24.4 Å². The quantitative estimate of drug-likeness (QED) is 0.202. The van der Waals surface area contributed by atoms with Crippen molar-refractivity contribution in [2.45, 2.75) is 68.2 Å². The number of hydrogen-bond donors (Lipinski definition) is 6. The molecule has 0 radical (unpaired) electrons. The zero-order valence-corrected chi connectivity index (χ0v) is 20.1. The first-order chi connectivity index (χ1) is 17.8. The number of nitrogens with zero attached hydrogens (tertiary/aromatic N) is 4. The summed E-state index contributed by atoms with van der Waals surface area (Å²) in [5.74, 6) is -0.469. The van der Waals surface area contributed by atoms with Gasteiger partial charge in [0.2, 0.25) is 5.91 Å². The number of ether oxygens (including phenoxy) is 4. The van der Waals surface area contributed by atoms with Crippen LogP contribution < -0.4 is 5.32 Å². The number of aliphatic hydroxyl groups is 5. The number of hydrogen-bond acceptors (Lipinski definition) is 13. The minimum absolute atomic E-state index is 0.379. The summed E-state index contributed by atoms with van der Waals surface area (Å²) >= 11 is 0. The standard InChI is InChI=1S/C22H31N5O10/c1-10(30)24-15-18(32)20(14(9-29)36-21(15)34-2)37-22-19(33)16(17(31)13(8-28)35-22)27-7-12(25-26-27)11-5-3-4-6-23-11/h3-7,13-22,28-29,31-33H,8-9H2,1-2H3,(H,24,30)/t13-,14-,15-,16+,17+,18-,19-,20-,21-,22+/m1/s1. The number of aromatic nitrogens is 4. The number of amides is 1. The van der Waals surface area contributed by atoms with Gasteiger partial charge >= 0.3 is 0 Å². The third-order valence-electron chi connectivity index (χ3n) is 6.34. The molecule has 2 saturated heterocycles. The van der Waals surface area contributed by atoms with Gasteiger partial charge in [-0.25, -0.2) is 4.68 Å². The minimum Gasteiger partial charge on any atom is -0.394 e. The molecule has 0 aromatic carbocycles. The van der Waals surface area contributed by atoms with Gasteiger partial charge in [0.15, 0.2) is 12.6 Å². The molecule has 4 heterocycles. The van der Waals surface area contributed by atoms with Crippen LogP contribution in [0.25, 0.3) is 11.4 Å². The van der Waals surface area contributed by atoms with Crippen molar-refractivity contribution in [2.75, 3.05) is 20.3 Å². The molecule has 2 fully saturated rings. The predicted molar refractivity (Wildman–Crippen MR) is 121 cm³/mol. The summed E-state index contributed by atoms with van der Waals surface area (Å²) in [4.78, 5) is 15.9. The van der Waals surface area contributed by atoms with Gasteiger partial charge in [0.1, 0.15) is 54.4 Å². The molecule has 2 aromatic rings. The maximum absolute atomic E-state index is 11.7. The second-order valence-electron chi connectivity index (χ2n) is 8.77. The highest BCUT2D eigenvalue weighted by molar-refractivity contribution is 5.73. The van der Waals surface area contributed by atoms with Crippen LogP contribution in [0.1, 0.15) is 13.0 Å². The molecule has 10 atom stereocenters. The van der Waals surface area contributed by atoms with Crippen molar-refractivity contribution in [3.05, 3.63) is 30.6 Å². The van der Waals surface area contributed by atoms with Crippen molar-refractivity contribution in [3.8, 4) is 11.4 Å². The molecule has 0 bridgehead atoms. The zero-order valence-electron chi connectivity index (χ0n) is 20.1. The summed E-state index contributed by atoms with van der Waals surface area (Å²) in [6, 6.07) is 2.98. The van der Waals surface area contributed by atoms with E-state index in [0.717, 1.165) is 0 Å². The first-order valence-electron chi connectivity index (χ1n) is 11.6. The molecule has 0 saturated carbocycles. The SMILES string of the molecule is CO[C@@H]1O[C@H](CO)[C@@H](O[C@@H]2O[C@H](CO)[C@H](O)[C@H](n3cc(-c4ccccn4)nn3)[C@H]2O)[C@H](O)[C@H]1NC(C)=O. The van der Waals surface area contributed by atoms with Gasteiger partial charge in [0, 0.05) is 20.2 Å². The summed E-state index contributed by atoms with van der Waals surface area (Å²) in [5, 5.41) is 63.3. The Labute approximate surface area is 211 Å². The maximum atomic E-state index is 11.7. The topological polar surface area (TPSA) is 211 Å². The van der Waals surface area contributed by atoms with Gasteiger partial charge in [-0.2, -0.15) is 0 Å². The molecule has 37 heavy (non-hydrogen) atoms. The van der Waals surface area contributed by atoms with Gasteiger partial charge in [-0.1, -0.05) is 11.3 Å². The Morgan fingerprint density at radius 2 is 1.78 bits per heavy atom. The molecular weight excluding hydrogens is 494 g/mol. The fourth-order valence-corrected chi connectivity index (χ4v) is 4.53. The van der Waals surface area contributed by atoms with Crippen molar-refractivity contribution in [1.29, 1.82) is 0 Å². The van der Waals surface area contributed by atoms with E-state index in [-0.39, 0.29) is 0 Å². The van der Waals surface area contributed by atoms with Crippen LogP contribution >= 0.6 is 0 Å². The van der Waals surface area contributed by atoms with Crippen LogP contribution in [0.15, 0.2) is 30.6 Å². The van der Waals surface area contributed by atoms with Crippen LogP contribution in [0.4, 0.5) is 0 Å². The fourth-order valence-electron chi connectivity index (χ4n) is 4.53. The largest absolute Gasteiger partial charge is 0.394 e. The van der Waals surface area contributed by atoms with Gasteiger partial charge in [-0.15, -0.1) is 5.10 Å². The van der Waals surface area contributed by atoms with Crippen molar-refractivity contribution < 1.29 is 49.3 Å². The van der Waals surface area contributed by atoms with Crippen molar-refractivity contribution >= 4 is 5.91 Å². The van der Waals surface area contributed by atoms with Crippen LogP contribution in [0.3, 0.4) is 0 Å². The summed E-state index contributed by atoms with van der Waals surface area (Å²) in [6.45, 7) is 0.0270. The number of methoxy groups -OCH3 is 1. The average molecular weight is 526 g/mol. The fraction of sp³-hybridized carbons (Fsp3) is 0.636. The average Bonchev–Trinajstić information content (AvgIpc) is 3.38.